The first kappa shape index (κ1) is 9.07. The molecule has 0 fully saturated rings. The third-order valence-electron chi connectivity index (χ3n) is 1.27. The van der Waals surface area contributed by atoms with Gasteiger partial charge in [0.15, 0.2) is 0 Å². The molecule has 0 spiro atoms. The highest BCUT2D eigenvalue weighted by atomic mass is 32.2. The number of aryl methyl sites for hydroxylation is 1. The number of rotatable bonds is 3. The molecule has 0 amide bonds. The molecule has 1 heterocycles. The van der Waals surface area contributed by atoms with Crippen molar-refractivity contribution in [3.63, 3.8) is 0 Å². The monoisotopic (exact) mass is 187 g/mol. The maximum Gasteiger partial charge on any atom is 0.110 e. The van der Waals surface area contributed by atoms with Gasteiger partial charge in [-0.3, -0.25) is 0 Å². The Kier molecular flexibility index (Phi) is 3.40. The Bertz CT molecular complexity index is 218. The van der Waals surface area contributed by atoms with Crippen molar-refractivity contribution >= 4 is 23.1 Å². The van der Waals surface area contributed by atoms with Gasteiger partial charge in [0.25, 0.3) is 0 Å². The highest BCUT2D eigenvalue weighted by Gasteiger charge is 2.05. The fourth-order valence-corrected chi connectivity index (χ4v) is 2.61. The molecule has 1 rings (SSSR count). The molecule has 1 aromatic rings. The van der Waals surface area contributed by atoms with E-state index in [2.05, 4.69) is 25.8 Å². The molecule has 1 nitrogen and oxygen atoms in total. The van der Waals surface area contributed by atoms with Crippen molar-refractivity contribution in [2.24, 2.45) is 0 Å². The first-order valence-corrected chi connectivity index (χ1v) is 5.59. The molecule has 0 atom stereocenters. The molecule has 0 aliphatic rings. The maximum absolute atomic E-state index is 4.31. The van der Waals surface area contributed by atoms with Gasteiger partial charge in [0.05, 0.1) is 5.51 Å². The summed E-state index contributed by atoms with van der Waals surface area (Å²) in [4.78, 5) is 5.73. The van der Waals surface area contributed by atoms with Gasteiger partial charge in [-0.05, 0) is 6.42 Å². The number of thiazole rings is 1. The van der Waals surface area contributed by atoms with Crippen molar-refractivity contribution in [1.82, 2.24) is 4.98 Å². The summed E-state index contributed by atoms with van der Waals surface area (Å²) < 4.78 is 0. The van der Waals surface area contributed by atoms with Gasteiger partial charge >= 0.3 is 0 Å². The van der Waals surface area contributed by atoms with E-state index in [0.717, 1.165) is 6.42 Å². The standard InChI is InChI=1S/C8H13NS2/c1-4-7-8(9-5-10-7)11-6(2)3/h5-6H,4H2,1-3H3. The average Bonchev–Trinajstić information content (AvgIpc) is 2.34. The zero-order valence-corrected chi connectivity index (χ0v) is 8.76. The summed E-state index contributed by atoms with van der Waals surface area (Å²) in [7, 11) is 0. The van der Waals surface area contributed by atoms with Crippen molar-refractivity contribution in [3.8, 4) is 0 Å². The predicted molar refractivity (Wildman–Crippen MR) is 52.5 cm³/mol. The van der Waals surface area contributed by atoms with Crippen molar-refractivity contribution in [2.75, 3.05) is 0 Å². The SMILES string of the molecule is CCc1scnc1SC(C)C. The summed E-state index contributed by atoms with van der Waals surface area (Å²) in [5, 5.41) is 1.87. The van der Waals surface area contributed by atoms with Crippen LogP contribution in [-0.4, -0.2) is 10.2 Å². The summed E-state index contributed by atoms with van der Waals surface area (Å²) in [5.74, 6) is 0. The summed E-state index contributed by atoms with van der Waals surface area (Å²) in [6.07, 6.45) is 1.11. The molecule has 0 aromatic carbocycles. The number of aromatic nitrogens is 1. The van der Waals surface area contributed by atoms with Crippen LogP contribution in [0.25, 0.3) is 0 Å². The summed E-state index contributed by atoms with van der Waals surface area (Å²) in [5.41, 5.74) is 1.93. The van der Waals surface area contributed by atoms with Crippen LogP contribution in [0.4, 0.5) is 0 Å². The highest BCUT2D eigenvalue weighted by Crippen LogP contribution is 2.27. The number of hydrogen-bond donors (Lipinski definition) is 0. The molecule has 0 aliphatic carbocycles. The lowest BCUT2D eigenvalue weighted by atomic mass is 10.4. The van der Waals surface area contributed by atoms with E-state index < -0.39 is 0 Å². The molecule has 3 heteroatoms. The maximum atomic E-state index is 4.31. The molecular formula is C8H13NS2. The molecule has 0 radical (unpaired) electrons. The van der Waals surface area contributed by atoms with Crippen LogP contribution in [-0.2, 0) is 6.42 Å². The van der Waals surface area contributed by atoms with Gasteiger partial charge in [-0.1, -0.05) is 20.8 Å². The smallest absolute Gasteiger partial charge is 0.110 e. The minimum absolute atomic E-state index is 0.641. The van der Waals surface area contributed by atoms with E-state index in [9.17, 15) is 0 Å². The molecule has 0 N–H and O–H groups in total. The van der Waals surface area contributed by atoms with E-state index in [1.807, 2.05) is 17.3 Å². The quantitative estimate of drug-likeness (QED) is 0.674. The van der Waals surface area contributed by atoms with Crippen LogP contribution < -0.4 is 0 Å². The number of hydrogen-bond acceptors (Lipinski definition) is 3. The van der Waals surface area contributed by atoms with Crippen molar-refractivity contribution < 1.29 is 0 Å². The normalized spacial score (nSPS) is 10.9. The molecule has 11 heavy (non-hydrogen) atoms. The Balaban J connectivity index is 2.68. The Hall–Kier alpha value is -0.0200. The van der Waals surface area contributed by atoms with Crippen molar-refractivity contribution in [3.05, 3.63) is 10.4 Å². The van der Waals surface area contributed by atoms with E-state index in [1.54, 1.807) is 11.3 Å². The van der Waals surface area contributed by atoms with Crippen LogP contribution in [0.2, 0.25) is 0 Å². The molecule has 1 aromatic heterocycles. The fourth-order valence-electron chi connectivity index (χ4n) is 0.814. The van der Waals surface area contributed by atoms with Crippen LogP contribution in [0.5, 0.6) is 0 Å². The van der Waals surface area contributed by atoms with E-state index >= 15 is 0 Å². The molecule has 0 bridgehead atoms. The van der Waals surface area contributed by atoms with E-state index in [0.29, 0.717) is 5.25 Å². The molecule has 0 saturated carbocycles. The van der Waals surface area contributed by atoms with Crippen LogP contribution in [0.3, 0.4) is 0 Å². The molecule has 0 aliphatic heterocycles. The second kappa shape index (κ2) is 4.12. The number of nitrogens with zero attached hydrogens (tertiary/aromatic N) is 1. The Labute approximate surface area is 76.2 Å². The highest BCUT2D eigenvalue weighted by molar-refractivity contribution is 8.00. The summed E-state index contributed by atoms with van der Waals surface area (Å²) in [6, 6.07) is 0. The topological polar surface area (TPSA) is 12.9 Å². The summed E-state index contributed by atoms with van der Waals surface area (Å²) >= 11 is 3.62. The lowest BCUT2D eigenvalue weighted by molar-refractivity contribution is 1.04. The second-order valence-electron chi connectivity index (χ2n) is 2.60. The summed E-state index contributed by atoms with van der Waals surface area (Å²) in [6.45, 7) is 6.57. The van der Waals surface area contributed by atoms with Gasteiger partial charge in [0, 0.05) is 10.1 Å². The van der Waals surface area contributed by atoms with Gasteiger partial charge in [-0.2, -0.15) is 0 Å². The van der Waals surface area contributed by atoms with Crippen molar-refractivity contribution in [1.29, 1.82) is 0 Å². The van der Waals surface area contributed by atoms with Crippen molar-refractivity contribution in [2.45, 2.75) is 37.5 Å². The van der Waals surface area contributed by atoms with Gasteiger partial charge in [0.2, 0.25) is 0 Å². The number of thioether (sulfide) groups is 1. The lowest BCUT2D eigenvalue weighted by Gasteiger charge is -2.01. The third-order valence-corrected chi connectivity index (χ3v) is 3.42. The Morgan fingerprint density at radius 2 is 2.36 bits per heavy atom. The first-order chi connectivity index (χ1) is 5.24. The van der Waals surface area contributed by atoms with Crippen LogP contribution in [0.1, 0.15) is 25.6 Å². The Morgan fingerprint density at radius 1 is 1.64 bits per heavy atom. The first-order valence-electron chi connectivity index (χ1n) is 3.83. The predicted octanol–water partition coefficient (Wildman–Crippen LogP) is 3.21. The van der Waals surface area contributed by atoms with Gasteiger partial charge < -0.3 is 0 Å². The molecule has 0 saturated heterocycles. The molecule has 62 valence electrons. The van der Waals surface area contributed by atoms with Crippen LogP contribution in [0, 0.1) is 0 Å². The molecular weight excluding hydrogens is 174 g/mol. The van der Waals surface area contributed by atoms with Crippen LogP contribution >= 0.6 is 23.1 Å². The van der Waals surface area contributed by atoms with E-state index in [4.69, 9.17) is 0 Å². The van der Waals surface area contributed by atoms with E-state index in [-0.39, 0.29) is 0 Å². The van der Waals surface area contributed by atoms with Crippen LogP contribution in [0.15, 0.2) is 10.5 Å². The largest absolute Gasteiger partial charge is 0.238 e. The van der Waals surface area contributed by atoms with Gasteiger partial charge in [-0.25, -0.2) is 4.98 Å². The zero-order valence-electron chi connectivity index (χ0n) is 7.13. The average molecular weight is 187 g/mol. The third kappa shape index (κ3) is 2.49. The lowest BCUT2D eigenvalue weighted by Crippen LogP contribution is -1.88. The van der Waals surface area contributed by atoms with E-state index in [1.165, 1.54) is 9.90 Å². The van der Waals surface area contributed by atoms with Gasteiger partial charge in [0.1, 0.15) is 5.03 Å². The minimum atomic E-state index is 0.641. The molecule has 0 unspecified atom stereocenters. The minimum Gasteiger partial charge on any atom is -0.238 e. The Morgan fingerprint density at radius 3 is 2.91 bits per heavy atom. The van der Waals surface area contributed by atoms with Gasteiger partial charge in [-0.15, -0.1) is 23.1 Å². The fraction of sp³-hybridized carbons (Fsp3) is 0.625. The second-order valence-corrected chi connectivity index (χ2v) is 5.11. The zero-order chi connectivity index (χ0) is 8.27.